The van der Waals surface area contributed by atoms with E-state index in [4.69, 9.17) is 18.6 Å². The van der Waals surface area contributed by atoms with Crippen LogP contribution in [0.5, 0.6) is 0 Å². The average Bonchev–Trinajstić information content (AvgIpc) is 3.73. The summed E-state index contributed by atoms with van der Waals surface area (Å²) in [5.41, 5.74) is 6.91. The lowest BCUT2D eigenvalue weighted by Crippen LogP contribution is -2.41. The molecule has 0 atom stereocenters. The SMILES string of the molecule is CC1(C)OB(c2cc(CCC3CCCCC3)c3cc(B4OC(C)(C)C(C)(C)O4)cc(CCC4CCCCC4)c3c2)OC1(C)C.c1cc(CCC2CCCCC2)c2cccc(CCC3CCCCC3)c2c1. The lowest BCUT2D eigenvalue weighted by molar-refractivity contribution is 0.00578. The monoisotopic (exact) mass is 949 g/mol. The molecule has 4 aliphatic carbocycles. The molecule has 0 N–H and O–H groups in total. The first-order chi connectivity index (χ1) is 33.6. The van der Waals surface area contributed by atoms with Crippen LogP contribution < -0.4 is 10.9 Å². The standard InChI is InChI=1S/C38H58B2O4.C26H36/c1-35(2)36(3,4)42-39(41-35)31-23-29(21-19-27-15-11-9-12-16-27)34-26-32(40-43-37(5,6)38(7,8)44-40)24-30(33(34)25-31)22-20-28-17-13-10-14-18-28;1-3-9-21(10-4-1)17-19-23-13-7-16-26-24(14-8-15-25(23)26)20-18-22-11-5-2-6-12-22/h23-28H,9-22H2,1-8H3;7-8,13-16,21-22H,1-6,9-12,17-20H2. The molecule has 2 heterocycles. The van der Waals surface area contributed by atoms with Gasteiger partial charge in [-0.1, -0.05) is 189 Å². The fourth-order valence-corrected chi connectivity index (χ4v) is 13.5. The van der Waals surface area contributed by atoms with Gasteiger partial charge in [0.2, 0.25) is 0 Å². The highest BCUT2D eigenvalue weighted by Crippen LogP contribution is 2.40. The van der Waals surface area contributed by atoms with Crippen LogP contribution in [0.4, 0.5) is 0 Å². The van der Waals surface area contributed by atoms with Crippen LogP contribution in [0.3, 0.4) is 0 Å². The van der Waals surface area contributed by atoms with E-state index in [0.29, 0.717) is 0 Å². The fraction of sp³-hybridized carbons (Fsp3) is 0.688. The van der Waals surface area contributed by atoms with E-state index in [1.54, 1.807) is 11.1 Å². The summed E-state index contributed by atoms with van der Waals surface area (Å²) in [6.45, 7) is 17.3. The van der Waals surface area contributed by atoms with E-state index < -0.39 is 0 Å². The minimum absolute atomic E-state index is 0.355. The van der Waals surface area contributed by atoms with Gasteiger partial charge < -0.3 is 18.6 Å². The smallest absolute Gasteiger partial charge is 0.399 e. The molecule has 4 nitrogen and oxygen atoms in total. The number of hydrogen-bond donors (Lipinski definition) is 0. The summed E-state index contributed by atoms with van der Waals surface area (Å²) in [5, 5.41) is 5.80. The lowest BCUT2D eigenvalue weighted by atomic mass is 9.72. The maximum atomic E-state index is 6.63. The Hall–Kier alpha value is -2.63. The largest absolute Gasteiger partial charge is 0.494 e. The average molecular weight is 949 g/mol. The third kappa shape index (κ3) is 12.5. The third-order valence-electron chi connectivity index (χ3n) is 19.6. The number of rotatable bonds is 14. The van der Waals surface area contributed by atoms with Gasteiger partial charge in [-0.3, -0.25) is 0 Å². The van der Waals surface area contributed by atoms with Crippen molar-refractivity contribution < 1.29 is 18.6 Å². The van der Waals surface area contributed by atoms with Crippen LogP contribution in [-0.4, -0.2) is 36.6 Å². The summed E-state index contributed by atoms with van der Waals surface area (Å²) >= 11 is 0. The molecule has 2 saturated heterocycles. The van der Waals surface area contributed by atoms with Crippen molar-refractivity contribution in [1.82, 2.24) is 0 Å². The van der Waals surface area contributed by atoms with Gasteiger partial charge >= 0.3 is 14.2 Å². The summed E-state index contributed by atoms with van der Waals surface area (Å²) in [6, 6.07) is 23.7. The van der Waals surface area contributed by atoms with E-state index in [0.717, 1.165) is 47.4 Å². The Morgan fingerprint density at radius 1 is 0.343 bits per heavy atom. The molecule has 0 radical (unpaired) electrons. The van der Waals surface area contributed by atoms with Gasteiger partial charge in [0.1, 0.15) is 0 Å². The summed E-state index contributed by atoms with van der Waals surface area (Å²) in [7, 11) is -0.710. The first-order valence-electron chi connectivity index (χ1n) is 29.4. The Morgan fingerprint density at radius 3 is 0.900 bits per heavy atom. The highest BCUT2D eigenvalue weighted by atomic mass is 16.7. The van der Waals surface area contributed by atoms with Crippen molar-refractivity contribution in [3.05, 3.63) is 82.9 Å². The predicted molar refractivity (Wildman–Crippen MR) is 299 cm³/mol. The molecule has 2 aliphatic heterocycles. The Morgan fingerprint density at radius 2 is 0.614 bits per heavy atom. The highest BCUT2D eigenvalue weighted by Gasteiger charge is 2.53. The van der Waals surface area contributed by atoms with Crippen molar-refractivity contribution in [3.8, 4) is 0 Å². The summed E-state index contributed by atoms with van der Waals surface area (Å²) in [4.78, 5) is 0. The van der Waals surface area contributed by atoms with Crippen molar-refractivity contribution in [2.24, 2.45) is 23.7 Å². The second-order valence-electron chi connectivity index (χ2n) is 25.7. The second kappa shape index (κ2) is 22.9. The third-order valence-corrected chi connectivity index (χ3v) is 19.6. The van der Waals surface area contributed by atoms with Gasteiger partial charge in [-0.05, 0) is 185 Å². The molecule has 6 aliphatic rings. The molecule has 0 amide bonds. The zero-order valence-corrected chi connectivity index (χ0v) is 45.7. The van der Waals surface area contributed by atoms with Crippen molar-refractivity contribution in [2.75, 3.05) is 0 Å². The van der Waals surface area contributed by atoms with Crippen LogP contribution >= 0.6 is 0 Å². The number of benzene rings is 4. The van der Waals surface area contributed by atoms with E-state index in [9.17, 15) is 0 Å². The van der Waals surface area contributed by atoms with Crippen molar-refractivity contribution in [2.45, 2.75) is 258 Å². The molecule has 4 aromatic carbocycles. The second-order valence-corrected chi connectivity index (χ2v) is 25.7. The van der Waals surface area contributed by atoms with E-state index in [-0.39, 0.29) is 36.6 Å². The zero-order valence-electron chi connectivity index (χ0n) is 45.7. The molecule has 6 heteroatoms. The van der Waals surface area contributed by atoms with Crippen LogP contribution in [0.15, 0.2) is 60.7 Å². The van der Waals surface area contributed by atoms with Gasteiger partial charge in [0.05, 0.1) is 22.4 Å². The van der Waals surface area contributed by atoms with Gasteiger partial charge in [-0.25, -0.2) is 0 Å². The molecule has 0 unspecified atom stereocenters. The van der Waals surface area contributed by atoms with Crippen LogP contribution in [-0.2, 0) is 44.3 Å². The summed E-state index contributed by atoms with van der Waals surface area (Å²) < 4.78 is 26.5. The molecule has 4 aromatic rings. The molecule has 6 fully saturated rings. The van der Waals surface area contributed by atoms with Crippen molar-refractivity contribution >= 4 is 46.7 Å². The Kier molecular flexibility index (Phi) is 17.1. The lowest BCUT2D eigenvalue weighted by Gasteiger charge is -2.32. The van der Waals surface area contributed by atoms with Crippen LogP contribution in [0.2, 0.25) is 0 Å². The Bertz CT molecular complexity index is 2130. The number of fused-ring (bicyclic) bond motifs is 2. The normalized spacial score (nSPS) is 23.3. The topological polar surface area (TPSA) is 36.9 Å². The van der Waals surface area contributed by atoms with Crippen molar-refractivity contribution in [3.63, 3.8) is 0 Å². The first-order valence-corrected chi connectivity index (χ1v) is 29.4. The van der Waals surface area contributed by atoms with Gasteiger partial charge in [0, 0.05) is 0 Å². The Balaban J connectivity index is 0.000000198. The summed E-state index contributed by atoms with van der Waals surface area (Å²) in [5.74, 6) is 3.62. The molecule has 4 saturated carbocycles. The molecule has 0 aromatic heterocycles. The molecular weight excluding hydrogens is 854 g/mol. The summed E-state index contributed by atoms with van der Waals surface area (Å²) in [6.07, 6.45) is 38.5. The maximum Gasteiger partial charge on any atom is 0.494 e. The maximum absolute atomic E-state index is 6.63. The predicted octanol–water partition coefficient (Wildman–Crippen LogP) is 16.3. The highest BCUT2D eigenvalue weighted by molar-refractivity contribution is 6.63. The van der Waals surface area contributed by atoms with Crippen LogP contribution in [0.1, 0.15) is 232 Å². The molecule has 0 spiro atoms. The van der Waals surface area contributed by atoms with E-state index in [1.807, 2.05) is 0 Å². The minimum atomic E-state index is -0.362. The molecule has 380 valence electrons. The van der Waals surface area contributed by atoms with Crippen molar-refractivity contribution in [1.29, 1.82) is 0 Å². The molecule has 0 bridgehead atoms. The van der Waals surface area contributed by atoms with Crippen LogP contribution in [0.25, 0.3) is 21.5 Å². The number of hydrogen-bond acceptors (Lipinski definition) is 4. The van der Waals surface area contributed by atoms with E-state index >= 15 is 0 Å². The zero-order chi connectivity index (χ0) is 48.9. The van der Waals surface area contributed by atoms with Gasteiger partial charge in [0.15, 0.2) is 0 Å². The van der Waals surface area contributed by atoms with E-state index in [1.165, 1.54) is 200 Å². The molecule has 10 rings (SSSR count). The van der Waals surface area contributed by atoms with Gasteiger partial charge in [-0.2, -0.15) is 0 Å². The first kappa shape index (κ1) is 52.2. The van der Waals surface area contributed by atoms with Gasteiger partial charge in [0.25, 0.3) is 0 Å². The molecule has 70 heavy (non-hydrogen) atoms. The van der Waals surface area contributed by atoms with E-state index in [2.05, 4.69) is 116 Å². The molecular formula is C64H94B2O4. The van der Waals surface area contributed by atoms with Crippen LogP contribution in [0, 0.1) is 23.7 Å². The quantitative estimate of drug-likeness (QED) is 0.118. The minimum Gasteiger partial charge on any atom is -0.399 e. The Labute approximate surface area is 427 Å². The number of aryl methyl sites for hydroxylation is 4. The fourth-order valence-electron chi connectivity index (χ4n) is 13.5. The van der Waals surface area contributed by atoms with Gasteiger partial charge in [-0.15, -0.1) is 0 Å².